The Bertz CT molecular complexity index is 116. The molecule has 0 radical (unpaired) electrons. The zero-order valence-corrected chi connectivity index (χ0v) is 5.93. The molecule has 0 saturated heterocycles. The van der Waals surface area contributed by atoms with Gasteiger partial charge in [-0.2, -0.15) is 0 Å². The Morgan fingerprint density at radius 1 is 1.78 bits per heavy atom. The molecule has 0 unspecified atom stereocenters. The van der Waals surface area contributed by atoms with Crippen molar-refractivity contribution in [3.8, 4) is 0 Å². The minimum atomic E-state index is 0.372. The molecule has 0 bridgehead atoms. The van der Waals surface area contributed by atoms with Crippen LogP contribution in [0.3, 0.4) is 0 Å². The van der Waals surface area contributed by atoms with Crippen LogP contribution in [0.25, 0.3) is 0 Å². The summed E-state index contributed by atoms with van der Waals surface area (Å²) in [5.74, 6) is 0.566. The van der Waals surface area contributed by atoms with E-state index in [2.05, 4.69) is 13.0 Å². The van der Waals surface area contributed by atoms with Gasteiger partial charge in [-0.25, -0.2) is 0 Å². The van der Waals surface area contributed by atoms with Crippen molar-refractivity contribution >= 4 is 0 Å². The Hall–Kier alpha value is -0.300. The largest absolute Gasteiger partial charge is 0.396 e. The zero-order chi connectivity index (χ0) is 6.69. The van der Waals surface area contributed by atoms with Crippen LogP contribution in [0, 0.1) is 5.92 Å². The van der Waals surface area contributed by atoms with E-state index in [1.807, 2.05) is 0 Å². The van der Waals surface area contributed by atoms with E-state index in [9.17, 15) is 0 Å². The van der Waals surface area contributed by atoms with Gasteiger partial charge >= 0.3 is 0 Å². The Labute approximate surface area is 56.4 Å². The predicted molar refractivity (Wildman–Crippen MR) is 38.2 cm³/mol. The van der Waals surface area contributed by atoms with Crippen LogP contribution in [0.15, 0.2) is 11.6 Å². The van der Waals surface area contributed by atoms with E-state index < -0.39 is 0 Å². The molecule has 1 N–H and O–H groups in total. The fourth-order valence-electron chi connectivity index (χ4n) is 1.38. The van der Waals surface area contributed by atoms with Crippen molar-refractivity contribution < 1.29 is 5.11 Å². The molecule has 1 aliphatic carbocycles. The highest BCUT2D eigenvalue weighted by molar-refractivity contribution is 5.06. The Balaban J connectivity index is 2.38. The summed E-state index contributed by atoms with van der Waals surface area (Å²) in [6, 6.07) is 0. The minimum absolute atomic E-state index is 0.372. The number of rotatable bonds is 1. The minimum Gasteiger partial charge on any atom is -0.396 e. The third-order valence-corrected chi connectivity index (χ3v) is 2.09. The molecule has 1 saturated carbocycles. The number of hydrogen-bond acceptors (Lipinski definition) is 1. The molecule has 1 atom stereocenters. The lowest BCUT2D eigenvalue weighted by molar-refractivity contribution is 0.231. The average molecular weight is 126 g/mol. The Kier molecular flexibility index (Phi) is 2.29. The third-order valence-electron chi connectivity index (χ3n) is 2.09. The normalized spacial score (nSPS) is 31.8. The van der Waals surface area contributed by atoms with Gasteiger partial charge in [-0.1, -0.05) is 11.6 Å². The summed E-state index contributed by atoms with van der Waals surface area (Å²) in [7, 11) is 0. The maximum atomic E-state index is 8.75. The van der Waals surface area contributed by atoms with Gasteiger partial charge < -0.3 is 5.11 Å². The number of allylic oxidation sites excluding steroid dienone is 2. The van der Waals surface area contributed by atoms with Gasteiger partial charge in [0.15, 0.2) is 0 Å². The van der Waals surface area contributed by atoms with E-state index in [0.29, 0.717) is 12.5 Å². The summed E-state index contributed by atoms with van der Waals surface area (Å²) < 4.78 is 0. The lowest BCUT2D eigenvalue weighted by Gasteiger charge is -1.99. The maximum absolute atomic E-state index is 8.75. The molecule has 0 aromatic rings. The summed E-state index contributed by atoms with van der Waals surface area (Å²) in [5.41, 5.74) is 1.52. The lowest BCUT2D eigenvalue weighted by atomic mass is 10.1. The first-order valence-corrected chi connectivity index (χ1v) is 3.61. The van der Waals surface area contributed by atoms with Crippen molar-refractivity contribution in [1.29, 1.82) is 0 Å². The van der Waals surface area contributed by atoms with Crippen LogP contribution in [0.2, 0.25) is 0 Å². The highest BCUT2D eigenvalue weighted by Crippen LogP contribution is 2.29. The SMILES string of the molecule is C/C=C1/CC[C@H](CO)C1. The smallest absolute Gasteiger partial charge is 0.0462 e. The molecule has 0 spiro atoms. The van der Waals surface area contributed by atoms with E-state index in [1.54, 1.807) is 0 Å². The van der Waals surface area contributed by atoms with Crippen molar-refractivity contribution in [2.45, 2.75) is 26.2 Å². The van der Waals surface area contributed by atoms with Gasteiger partial charge in [-0.15, -0.1) is 0 Å². The van der Waals surface area contributed by atoms with Gasteiger partial charge in [-0.05, 0) is 32.1 Å². The maximum Gasteiger partial charge on any atom is 0.0462 e. The van der Waals surface area contributed by atoms with Crippen LogP contribution < -0.4 is 0 Å². The van der Waals surface area contributed by atoms with Crippen molar-refractivity contribution in [3.63, 3.8) is 0 Å². The van der Waals surface area contributed by atoms with Gasteiger partial charge in [0.25, 0.3) is 0 Å². The van der Waals surface area contributed by atoms with Crippen molar-refractivity contribution in [3.05, 3.63) is 11.6 Å². The van der Waals surface area contributed by atoms with Crippen LogP contribution >= 0.6 is 0 Å². The predicted octanol–water partition coefficient (Wildman–Crippen LogP) is 1.73. The molecule has 1 heteroatoms. The average Bonchev–Trinajstić information content (AvgIpc) is 2.34. The van der Waals surface area contributed by atoms with Crippen molar-refractivity contribution in [2.75, 3.05) is 6.61 Å². The van der Waals surface area contributed by atoms with Crippen LogP contribution in [0.5, 0.6) is 0 Å². The first-order valence-electron chi connectivity index (χ1n) is 3.61. The molecule has 1 fully saturated rings. The standard InChI is InChI=1S/C8H14O/c1-2-7-3-4-8(5-7)6-9/h2,8-9H,3-6H2,1H3/b7-2-/t8-/m0/s1. The summed E-state index contributed by atoms with van der Waals surface area (Å²) in [5, 5.41) is 8.75. The van der Waals surface area contributed by atoms with Crippen LogP contribution in [0.1, 0.15) is 26.2 Å². The van der Waals surface area contributed by atoms with E-state index in [4.69, 9.17) is 5.11 Å². The van der Waals surface area contributed by atoms with Gasteiger partial charge in [0.05, 0.1) is 0 Å². The highest BCUT2D eigenvalue weighted by atomic mass is 16.3. The Morgan fingerprint density at radius 3 is 2.89 bits per heavy atom. The molecule has 0 aromatic carbocycles. The molecule has 52 valence electrons. The molecule has 1 rings (SSSR count). The molecule has 9 heavy (non-hydrogen) atoms. The summed E-state index contributed by atoms with van der Waals surface area (Å²) >= 11 is 0. The van der Waals surface area contributed by atoms with E-state index in [1.165, 1.54) is 18.4 Å². The van der Waals surface area contributed by atoms with Crippen LogP contribution in [-0.2, 0) is 0 Å². The molecule has 0 aliphatic heterocycles. The third kappa shape index (κ3) is 1.55. The second kappa shape index (κ2) is 3.02. The van der Waals surface area contributed by atoms with Gasteiger partial charge in [0, 0.05) is 6.61 Å². The summed E-state index contributed by atoms with van der Waals surface area (Å²) in [6.45, 7) is 2.45. The molecule has 0 amide bonds. The number of aliphatic hydroxyl groups excluding tert-OH is 1. The Morgan fingerprint density at radius 2 is 2.56 bits per heavy atom. The van der Waals surface area contributed by atoms with Crippen LogP contribution in [-0.4, -0.2) is 11.7 Å². The second-order valence-corrected chi connectivity index (χ2v) is 2.74. The zero-order valence-electron chi connectivity index (χ0n) is 5.93. The van der Waals surface area contributed by atoms with Gasteiger partial charge in [0.1, 0.15) is 0 Å². The molecule has 1 nitrogen and oxygen atoms in total. The summed E-state index contributed by atoms with van der Waals surface area (Å²) in [6.07, 6.45) is 5.71. The molecule has 0 aromatic heterocycles. The van der Waals surface area contributed by atoms with E-state index in [0.717, 1.165) is 6.42 Å². The fraction of sp³-hybridized carbons (Fsp3) is 0.750. The topological polar surface area (TPSA) is 20.2 Å². The quantitative estimate of drug-likeness (QED) is 0.530. The number of aliphatic hydroxyl groups is 1. The fourth-order valence-corrected chi connectivity index (χ4v) is 1.38. The summed E-state index contributed by atoms with van der Waals surface area (Å²) in [4.78, 5) is 0. The van der Waals surface area contributed by atoms with E-state index >= 15 is 0 Å². The second-order valence-electron chi connectivity index (χ2n) is 2.74. The molecular formula is C8H14O. The van der Waals surface area contributed by atoms with Crippen LogP contribution in [0.4, 0.5) is 0 Å². The highest BCUT2D eigenvalue weighted by Gasteiger charge is 2.16. The van der Waals surface area contributed by atoms with Crippen molar-refractivity contribution in [2.24, 2.45) is 5.92 Å². The molecular weight excluding hydrogens is 112 g/mol. The number of hydrogen-bond donors (Lipinski definition) is 1. The van der Waals surface area contributed by atoms with E-state index in [-0.39, 0.29) is 0 Å². The lowest BCUT2D eigenvalue weighted by Crippen LogP contribution is -1.97. The first kappa shape index (κ1) is 6.81. The van der Waals surface area contributed by atoms with Crippen molar-refractivity contribution in [1.82, 2.24) is 0 Å². The monoisotopic (exact) mass is 126 g/mol. The van der Waals surface area contributed by atoms with Gasteiger partial charge in [0.2, 0.25) is 0 Å². The molecule has 1 aliphatic rings. The molecule has 0 heterocycles. The van der Waals surface area contributed by atoms with Gasteiger partial charge in [-0.3, -0.25) is 0 Å². The first-order chi connectivity index (χ1) is 4.36.